The van der Waals surface area contributed by atoms with Crippen molar-refractivity contribution in [3.63, 3.8) is 0 Å². The number of rotatable bonds is 20. The minimum Gasteiger partial charge on any atom is -0.467 e. The molecule has 0 saturated carbocycles. The van der Waals surface area contributed by atoms with Crippen LogP contribution in [-0.4, -0.2) is 70.5 Å². The normalized spacial score (nSPS) is 13.0. The van der Waals surface area contributed by atoms with Gasteiger partial charge in [-0.2, -0.15) is 0 Å². The number of hydrogen-bond donors (Lipinski definition) is 4. The molecule has 3 rings (SSSR count). The molecule has 0 bridgehead atoms. The van der Waals surface area contributed by atoms with Crippen LogP contribution in [0.1, 0.15) is 66.9 Å². The monoisotopic (exact) mass is 723 g/mol. The summed E-state index contributed by atoms with van der Waals surface area (Å²) in [6, 6.07) is 19.0. The van der Waals surface area contributed by atoms with Crippen LogP contribution in [0.25, 0.3) is 0 Å². The fourth-order valence-electron chi connectivity index (χ4n) is 5.29. The van der Waals surface area contributed by atoms with E-state index in [-0.39, 0.29) is 48.7 Å². The molecule has 6 N–H and O–H groups in total. The summed E-state index contributed by atoms with van der Waals surface area (Å²) in [4.78, 5) is 53.9. The Morgan fingerprint density at radius 2 is 1.45 bits per heavy atom. The molecule has 0 aromatic heterocycles. The lowest BCUT2D eigenvalue weighted by Crippen LogP contribution is -2.52. The van der Waals surface area contributed by atoms with Crippen molar-refractivity contribution in [2.75, 3.05) is 25.1 Å². The number of Topliss-reactive ketones (excluding diaryl/α,β-unsaturated/α-hetero) is 1. The summed E-state index contributed by atoms with van der Waals surface area (Å²) in [5, 5.41) is 2.68. The van der Waals surface area contributed by atoms with Crippen molar-refractivity contribution >= 4 is 39.5 Å². The molecule has 2 amide bonds. The van der Waals surface area contributed by atoms with Crippen molar-refractivity contribution < 1.29 is 37.1 Å². The summed E-state index contributed by atoms with van der Waals surface area (Å²) in [6.07, 6.45) is 1.58. The molecule has 13 nitrogen and oxygen atoms in total. The van der Waals surface area contributed by atoms with E-state index in [4.69, 9.17) is 20.9 Å². The zero-order chi connectivity index (χ0) is 37.4. The molecule has 276 valence electrons. The van der Waals surface area contributed by atoms with Crippen LogP contribution in [0.2, 0.25) is 0 Å². The number of carbonyl (C=O) groups excluding carboxylic acids is 4. The first-order valence-corrected chi connectivity index (χ1v) is 18.4. The molecule has 3 atom stereocenters. The van der Waals surface area contributed by atoms with Crippen LogP contribution in [0.15, 0.2) is 83.8 Å². The van der Waals surface area contributed by atoms with E-state index in [1.165, 1.54) is 37.1 Å². The van der Waals surface area contributed by atoms with Crippen molar-refractivity contribution in [1.29, 1.82) is 0 Å². The zero-order valence-corrected chi connectivity index (χ0v) is 30.2. The van der Waals surface area contributed by atoms with E-state index in [9.17, 15) is 27.6 Å². The highest BCUT2D eigenvalue weighted by atomic mass is 32.2. The number of anilines is 1. The fourth-order valence-corrected chi connectivity index (χ4v) is 6.37. The van der Waals surface area contributed by atoms with Crippen molar-refractivity contribution in [2.45, 2.75) is 82.0 Å². The van der Waals surface area contributed by atoms with Gasteiger partial charge in [0.05, 0.1) is 29.8 Å². The zero-order valence-electron chi connectivity index (χ0n) is 29.4. The lowest BCUT2D eigenvalue weighted by molar-refractivity contribution is -0.143. The number of aryl methyl sites for hydroxylation is 1. The van der Waals surface area contributed by atoms with Crippen LogP contribution in [0.5, 0.6) is 0 Å². The van der Waals surface area contributed by atoms with E-state index in [0.29, 0.717) is 25.7 Å². The van der Waals surface area contributed by atoms with E-state index >= 15 is 0 Å². The van der Waals surface area contributed by atoms with Crippen molar-refractivity contribution in [3.8, 4) is 0 Å². The van der Waals surface area contributed by atoms with Gasteiger partial charge in [0.1, 0.15) is 12.6 Å². The Morgan fingerprint density at radius 1 is 0.824 bits per heavy atom. The third kappa shape index (κ3) is 12.6. The molecule has 0 unspecified atom stereocenters. The number of ether oxygens (including phenoxy) is 2. The summed E-state index contributed by atoms with van der Waals surface area (Å²) in [5.41, 5.74) is 14.5. The van der Waals surface area contributed by atoms with Crippen LogP contribution in [0, 0.1) is 6.92 Å². The number of amides is 2. The molecule has 51 heavy (non-hydrogen) atoms. The van der Waals surface area contributed by atoms with Crippen molar-refractivity contribution in [1.82, 2.24) is 10.0 Å². The summed E-state index contributed by atoms with van der Waals surface area (Å²) >= 11 is 0. The average molecular weight is 724 g/mol. The topological polar surface area (TPSA) is 200 Å². The van der Waals surface area contributed by atoms with E-state index < -0.39 is 51.9 Å². The second-order valence-corrected chi connectivity index (χ2v) is 14.0. The predicted molar refractivity (Wildman–Crippen MR) is 194 cm³/mol. The standard InChI is InChI=1S/C37H49N5O8S/c1-26-19-21-29(22-20-26)51(47,48)41-24-12-9-16-31(39)34(43)30-15-7-8-17-32(30)42(35(44)27(2)38)33(36(45)49-3)18-10-11-23-40-37(46)50-25-28-13-5-4-6-14-28/h4-8,13-15,17,19-22,27,31,33,41H,9-12,16,18,23-25,38-39H2,1-3H3,(H,40,46)/t27-,31+,33-/m0/s1. The number of unbranched alkanes of at least 4 members (excludes halogenated alkanes) is 2. The second-order valence-electron chi connectivity index (χ2n) is 12.2. The molecule has 0 aliphatic carbocycles. The highest BCUT2D eigenvalue weighted by molar-refractivity contribution is 7.89. The first kappa shape index (κ1) is 40.8. The number of nitrogens with one attached hydrogen (secondary N) is 2. The van der Waals surface area contributed by atoms with Crippen LogP contribution >= 0.6 is 0 Å². The number of benzene rings is 3. The lowest BCUT2D eigenvalue weighted by Gasteiger charge is -2.33. The Bertz CT molecular complexity index is 1700. The van der Waals surface area contributed by atoms with Crippen molar-refractivity contribution in [2.24, 2.45) is 11.5 Å². The number of esters is 1. The number of sulfonamides is 1. The van der Waals surface area contributed by atoms with Gasteiger partial charge in [0.25, 0.3) is 0 Å². The van der Waals surface area contributed by atoms with Crippen LogP contribution in [-0.2, 0) is 35.7 Å². The highest BCUT2D eigenvalue weighted by Gasteiger charge is 2.35. The number of ketones is 1. The first-order chi connectivity index (χ1) is 24.4. The molecule has 0 spiro atoms. The van der Waals surface area contributed by atoms with Gasteiger partial charge >= 0.3 is 12.1 Å². The molecular formula is C37H49N5O8S. The fraction of sp³-hybridized carbons (Fsp3) is 0.405. The molecule has 3 aromatic rings. The smallest absolute Gasteiger partial charge is 0.407 e. The van der Waals surface area contributed by atoms with Crippen LogP contribution in [0.3, 0.4) is 0 Å². The molecular weight excluding hydrogens is 675 g/mol. The van der Waals surface area contributed by atoms with Gasteiger partial charge in [-0.3, -0.25) is 14.5 Å². The molecule has 3 aromatic carbocycles. The molecule has 0 heterocycles. The highest BCUT2D eigenvalue weighted by Crippen LogP contribution is 2.28. The quantitative estimate of drug-likeness (QED) is 0.0751. The third-order valence-corrected chi connectivity index (χ3v) is 9.61. The summed E-state index contributed by atoms with van der Waals surface area (Å²) in [6.45, 7) is 3.91. The lowest BCUT2D eigenvalue weighted by atomic mass is 9.96. The molecule has 0 radical (unpaired) electrons. The summed E-state index contributed by atoms with van der Waals surface area (Å²) in [5.74, 6) is -1.74. The SMILES string of the molecule is COC(=O)[C@H](CCCCNC(=O)OCc1ccccc1)N(C(=O)[C@H](C)N)c1ccccc1C(=O)[C@H](N)CCCCNS(=O)(=O)c1ccc(C)cc1. The van der Waals surface area contributed by atoms with Gasteiger partial charge in [-0.25, -0.2) is 22.7 Å². The summed E-state index contributed by atoms with van der Waals surface area (Å²) in [7, 11) is -2.46. The van der Waals surface area contributed by atoms with E-state index in [0.717, 1.165) is 11.1 Å². The number of hydrogen-bond acceptors (Lipinski definition) is 10. The molecule has 0 saturated heterocycles. The second kappa shape index (κ2) is 20.3. The van der Waals surface area contributed by atoms with Crippen molar-refractivity contribution in [3.05, 3.63) is 95.6 Å². The first-order valence-electron chi connectivity index (χ1n) is 16.9. The van der Waals surface area contributed by atoms with E-state index in [1.54, 1.807) is 30.3 Å². The van der Waals surface area contributed by atoms with Crippen LogP contribution in [0.4, 0.5) is 10.5 Å². The van der Waals surface area contributed by atoms with Gasteiger partial charge in [0.15, 0.2) is 5.78 Å². The Morgan fingerprint density at radius 3 is 2.12 bits per heavy atom. The maximum atomic E-state index is 13.7. The minimum absolute atomic E-state index is 0.128. The number of nitrogens with zero attached hydrogens (tertiary/aromatic N) is 1. The van der Waals surface area contributed by atoms with E-state index in [1.807, 2.05) is 37.3 Å². The average Bonchev–Trinajstić information content (AvgIpc) is 3.12. The molecule has 14 heteroatoms. The number of para-hydroxylation sites is 1. The Hall–Kier alpha value is -4.63. The predicted octanol–water partition coefficient (Wildman–Crippen LogP) is 3.97. The number of methoxy groups -OCH3 is 1. The molecule has 0 aliphatic rings. The maximum absolute atomic E-state index is 13.7. The van der Waals surface area contributed by atoms with Gasteiger partial charge in [0, 0.05) is 18.7 Å². The van der Waals surface area contributed by atoms with Gasteiger partial charge in [0.2, 0.25) is 15.9 Å². The Labute approximate surface area is 300 Å². The Kier molecular flexibility index (Phi) is 16.2. The summed E-state index contributed by atoms with van der Waals surface area (Å²) < 4.78 is 38.0. The largest absolute Gasteiger partial charge is 0.467 e. The number of carbonyl (C=O) groups is 4. The van der Waals surface area contributed by atoms with Gasteiger partial charge in [-0.15, -0.1) is 0 Å². The van der Waals surface area contributed by atoms with Gasteiger partial charge in [-0.05, 0) is 75.8 Å². The maximum Gasteiger partial charge on any atom is 0.407 e. The minimum atomic E-state index is -3.67. The van der Waals surface area contributed by atoms with Crippen LogP contribution < -0.4 is 26.4 Å². The van der Waals surface area contributed by atoms with Gasteiger partial charge < -0.3 is 26.3 Å². The number of alkyl carbamates (subject to hydrolysis) is 1. The van der Waals surface area contributed by atoms with Gasteiger partial charge in [-0.1, -0.05) is 66.6 Å². The number of nitrogens with two attached hydrogens (primary N) is 2. The third-order valence-electron chi connectivity index (χ3n) is 8.13. The molecule has 0 aliphatic heterocycles. The Balaban J connectivity index is 1.63. The van der Waals surface area contributed by atoms with E-state index in [2.05, 4.69) is 10.0 Å². The molecule has 0 fully saturated rings.